The molecule has 5 aromatic rings. The highest BCUT2D eigenvalue weighted by Crippen LogP contribution is 2.52. The van der Waals surface area contributed by atoms with Crippen LogP contribution in [0.1, 0.15) is 71.8 Å². The topological polar surface area (TPSA) is 97.0 Å². The number of carbonyl (C=O) groups is 3. The minimum absolute atomic E-state index is 0.000941. The van der Waals surface area contributed by atoms with E-state index in [1.54, 1.807) is 11.8 Å². The first-order chi connectivity index (χ1) is 28.5. The van der Waals surface area contributed by atoms with Gasteiger partial charge in [-0.25, -0.2) is 9.59 Å². The first-order valence-corrected chi connectivity index (χ1v) is 22.4. The van der Waals surface area contributed by atoms with Crippen LogP contribution in [0.5, 0.6) is 0 Å². The summed E-state index contributed by atoms with van der Waals surface area (Å²) >= 11 is 3.49. The van der Waals surface area contributed by atoms with Crippen LogP contribution in [0.15, 0.2) is 140 Å². The van der Waals surface area contributed by atoms with Crippen molar-refractivity contribution in [1.29, 1.82) is 0 Å². The fraction of sp³-hybridized carbons (Fsp3) is 0.327. The van der Waals surface area contributed by atoms with Gasteiger partial charge in [-0.15, -0.1) is 11.8 Å². The van der Waals surface area contributed by atoms with Crippen molar-refractivity contribution < 1.29 is 23.9 Å². The fourth-order valence-corrected chi connectivity index (χ4v) is 10.0. The van der Waals surface area contributed by atoms with E-state index >= 15 is 0 Å². The quantitative estimate of drug-likeness (QED) is 0.0750. The van der Waals surface area contributed by atoms with Crippen LogP contribution < -0.4 is 10.6 Å². The molecule has 0 unspecified atom stereocenters. The smallest absolute Gasteiger partial charge is 0.410 e. The number of likely N-dealkylation sites (tertiary alicyclic amines) is 1. The zero-order valence-electron chi connectivity index (χ0n) is 34.6. The summed E-state index contributed by atoms with van der Waals surface area (Å²) in [6, 6.07) is 46.6. The van der Waals surface area contributed by atoms with Crippen LogP contribution in [0.2, 0.25) is 0 Å². The van der Waals surface area contributed by atoms with Crippen molar-refractivity contribution in [2.24, 2.45) is 0 Å². The van der Waals surface area contributed by atoms with Crippen molar-refractivity contribution in [2.75, 3.05) is 37.5 Å². The number of thioether (sulfide) groups is 2. The van der Waals surface area contributed by atoms with Crippen molar-refractivity contribution in [2.45, 2.75) is 67.7 Å². The van der Waals surface area contributed by atoms with Gasteiger partial charge in [-0.2, -0.15) is 11.8 Å². The normalized spacial score (nSPS) is 15.9. The fourth-order valence-electron chi connectivity index (χ4n) is 7.67. The van der Waals surface area contributed by atoms with E-state index in [4.69, 9.17) is 9.47 Å². The molecule has 1 aliphatic heterocycles. The average Bonchev–Trinajstić information content (AvgIpc) is 3.66. The SMILES string of the molecule is COC(=O)[C@H](CCSC)NC(=O)c1ccc(NC[C@H]2[C@H](SC(c3ccccc3)(c3ccccc3)c3ccccc3)CCN2C(=O)OC(C)(C)C)cc1Cc1ccccc1. The van der Waals surface area contributed by atoms with Crippen LogP contribution in [-0.4, -0.2) is 78.0 Å². The van der Waals surface area contributed by atoms with E-state index in [-0.39, 0.29) is 23.3 Å². The van der Waals surface area contributed by atoms with Crippen molar-refractivity contribution in [3.8, 4) is 0 Å². The molecule has 2 amide bonds. The Morgan fingerprint density at radius 3 is 1.88 bits per heavy atom. The Hall–Kier alpha value is -5.19. The number of ether oxygens (including phenoxy) is 2. The van der Waals surface area contributed by atoms with Gasteiger partial charge in [0.25, 0.3) is 5.91 Å². The van der Waals surface area contributed by atoms with E-state index < -0.39 is 22.4 Å². The van der Waals surface area contributed by atoms with Crippen molar-refractivity contribution in [3.63, 3.8) is 0 Å². The third kappa shape index (κ3) is 10.9. The second-order valence-corrected chi connectivity index (χ2v) is 18.2. The van der Waals surface area contributed by atoms with Crippen LogP contribution in [0.25, 0.3) is 0 Å². The highest BCUT2D eigenvalue weighted by molar-refractivity contribution is 8.01. The van der Waals surface area contributed by atoms with Gasteiger partial charge in [-0.05, 0) is 98.1 Å². The zero-order valence-corrected chi connectivity index (χ0v) is 36.2. The van der Waals surface area contributed by atoms with Crippen molar-refractivity contribution in [3.05, 3.63) is 173 Å². The number of hydrogen-bond acceptors (Lipinski definition) is 8. The van der Waals surface area contributed by atoms with Gasteiger partial charge in [0.2, 0.25) is 0 Å². The summed E-state index contributed by atoms with van der Waals surface area (Å²) in [5.74, 6) is -0.102. The molecule has 0 radical (unpaired) electrons. The predicted molar refractivity (Wildman–Crippen MR) is 242 cm³/mol. The van der Waals surface area contributed by atoms with Gasteiger partial charge in [-0.3, -0.25) is 4.79 Å². The Labute approximate surface area is 357 Å². The molecule has 8 nitrogen and oxygen atoms in total. The molecule has 0 saturated carbocycles. The van der Waals surface area contributed by atoms with Gasteiger partial charge >= 0.3 is 12.1 Å². The molecule has 59 heavy (non-hydrogen) atoms. The molecule has 1 aliphatic rings. The monoisotopic (exact) mass is 829 g/mol. The first kappa shape index (κ1) is 43.4. The summed E-state index contributed by atoms with van der Waals surface area (Å²) in [6.45, 7) is 6.68. The van der Waals surface area contributed by atoms with Crippen molar-refractivity contribution >= 4 is 47.2 Å². The number of methoxy groups -OCH3 is 1. The third-order valence-electron chi connectivity index (χ3n) is 10.5. The number of hydrogen-bond donors (Lipinski definition) is 2. The molecule has 2 N–H and O–H groups in total. The van der Waals surface area contributed by atoms with Gasteiger partial charge in [-0.1, -0.05) is 121 Å². The predicted octanol–water partition coefficient (Wildman–Crippen LogP) is 9.82. The van der Waals surface area contributed by atoms with Gasteiger partial charge < -0.3 is 25.0 Å². The molecule has 5 aromatic carbocycles. The van der Waals surface area contributed by atoms with Gasteiger partial charge in [0.05, 0.1) is 17.9 Å². The first-order valence-electron chi connectivity index (χ1n) is 20.1. The molecule has 0 aromatic heterocycles. The number of nitrogens with one attached hydrogen (secondary N) is 2. The molecule has 0 spiro atoms. The van der Waals surface area contributed by atoms with E-state index in [0.717, 1.165) is 39.9 Å². The molecule has 6 rings (SSSR count). The van der Waals surface area contributed by atoms with Crippen LogP contribution >= 0.6 is 23.5 Å². The van der Waals surface area contributed by atoms with Crippen LogP contribution in [0.4, 0.5) is 10.5 Å². The number of carbonyl (C=O) groups excluding carboxylic acids is 3. The molecule has 3 atom stereocenters. The summed E-state index contributed by atoms with van der Waals surface area (Å²) in [4.78, 5) is 42.4. The van der Waals surface area contributed by atoms with Gasteiger partial charge in [0.15, 0.2) is 0 Å². The Kier molecular flexibility index (Phi) is 14.8. The number of esters is 1. The summed E-state index contributed by atoms with van der Waals surface area (Å²) in [7, 11) is 1.34. The minimum atomic E-state index is -0.757. The van der Waals surface area contributed by atoms with E-state index in [2.05, 4.69) is 83.4 Å². The Bertz CT molecular complexity index is 2030. The zero-order chi connectivity index (χ0) is 41.8. The van der Waals surface area contributed by atoms with Crippen LogP contribution in [0, 0.1) is 0 Å². The number of anilines is 1. The lowest BCUT2D eigenvalue weighted by atomic mass is 9.84. The number of nitrogens with zero attached hydrogens (tertiary/aromatic N) is 1. The Morgan fingerprint density at radius 2 is 1.36 bits per heavy atom. The van der Waals surface area contributed by atoms with Crippen molar-refractivity contribution in [1.82, 2.24) is 10.2 Å². The van der Waals surface area contributed by atoms with Crippen LogP contribution in [0.3, 0.4) is 0 Å². The van der Waals surface area contributed by atoms with Gasteiger partial charge in [0.1, 0.15) is 11.6 Å². The highest BCUT2D eigenvalue weighted by Gasteiger charge is 2.46. The average molecular weight is 830 g/mol. The number of benzene rings is 5. The third-order valence-corrected chi connectivity index (χ3v) is 13.0. The molecule has 0 aliphatic carbocycles. The molecule has 308 valence electrons. The summed E-state index contributed by atoms with van der Waals surface area (Å²) < 4.78 is 10.5. The summed E-state index contributed by atoms with van der Waals surface area (Å²) in [5, 5.41) is 6.63. The Balaban J connectivity index is 1.36. The maximum absolute atomic E-state index is 14.0. The molecular weight excluding hydrogens is 775 g/mol. The lowest BCUT2D eigenvalue weighted by molar-refractivity contribution is -0.142. The standard InChI is InChI=1S/C49H55N3O5S2/c1-48(2,3)57-47(55)52-30-28-44(59-49(37-20-12-7-13-21-37,38-22-14-8-15-23-38)39-24-16-9-17-25-39)43(52)34-50-40-26-27-41(36(33-40)32-35-18-10-6-11-19-35)45(53)51-42(29-31-58-5)46(54)56-4/h6-27,33,42-44,50H,28-32,34H2,1-5H3,(H,51,53)/t42-,43-,44+/m0/s1. The molecule has 1 saturated heterocycles. The maximum atomic E-state index is 14.0. The molecule has 1 heterocycles. The Morgan fingerprint density at radius 1 is 0.797 bits per heavy atom. The van der Waals surface area contributed by atoms with E-state index in [9.17, 15) is 14.4 Å². The second-order valence-electron chi connectivity index (χ2n) is 15.7. The summed E-state index contributed by atoms with van der Waals surface area (Å²) in [5.41, 5.74) is 5.98. The highest BCUT2D eigenvalue weighted by atomic mass is 32.2. The van der Waals surface area contributed by atoms with E-state index in [1.807, 2.05) is 110 Å². The largest absolute Gasteiger partial charge is 0.467 e. The number of rotatable bonds is 16. The molecule has 0 bridgehead atoms. The van der Waals surface area contributed by atoms with Crippen LogP contribution in [-0.2, 0) is 25.4 Å². The molecular formula is C49H55N3O5S2. The lowest BCUT2D eigenvalue weighted by Gasteiger charge is -2.39. The minimum Gasteiger partial charge on any atom is -0.467 e. The number of amides is 2. The van der Waals surface area contributed by atoms with E-state index in [1.165, 1.54) is 7.11 Å². The summed E-state index contributed by atoms with van der Waals surface area (Å²) in [6.07, 6.45) is 3.36. The molecule has 1 fully saturated rings. The van der Waals surface area contributed by atoms with E-state index in [0.29, 0.717) is 37.2 Å². The molecule has 10 heteroatoms. The second kappa shape index (κ2) is 20.2. The van der Waals surface area contributed by atoms with Gasteiger partial charge in [0, 0.05) is 29.6 Å². The maximum Gasteiger partial charge on any atom is 0.410 e. The lowest BCUT2D eigenvalue weighted by Crippen LogP contribution is -2.46.